The molecule has 1 saturated carbocycles. The summed E-state index contributed by atoms with van der Waals surface area (Å²) in [5.74, 6) is 0.702. The average Bonchev–Trinajstić information content (AvgIpc) is 3.05. The molecule has 0 bridgehead atoms. The van der Waals surface area contributed by atoms with E-state index in [2.05, 4.69) is 31.1 Å². The summed E-state index contributed by atoms with van der Waals surface area (Å²) < 4.78 is 1.81. The van der Waals surface area contributed by atoms with Gasteiger partial charge < -0.3 is 10.6 Å². The van der Waals surface area contributed by atoms with E-state index in [1.54, 1.807) is 11.3 Å². The second-order valence-corrected chi connectivity index (χ2v) is 6.77. The van der Waals surface area contributed by atoms with E-state index in [1.807, 2.05) is 24.7 Å². The van der Waals surface area contributed by atoms with Crippen molar-refractivity contribution in [1.29, 1.82) is 0 Å². The number of amides is 2. The molecule has 2 aromatic rings. The number of aryl methyl sites for hydroxylation is 1. The summed E-state index contributed by atoms with van der Waals surface area (Å²) in [5.41, 5.74) is 0. The highest BCUT2D eigenvalue weighted by molar-refractivity contribution is 7.11. The van der Waals surface area contributed by atoms with E-state index in [0.29, 0.717) is 18.4 Å². The molecule has 1 aliphatic carbocycles. The van der Waals surface area contributed by atoms with Crippen molar-refractivity contribution in [1.82, 2.24) is 35.8 Å². The number of tetrazole rings is 1. The van der Waals surface area contributed by atoms with Crippen LogP contribution >= 0.6 is 11.3 Å². The Labute approximate surface area is 132 Å². The molecule has 0 radical (unpaired) electrons. The molecule has 8 nitrogen and oxygen atoms in total. The Morgan fingerprint density at radius 3 is 3.05 bits per heavy atom. The van der Waals surface area contributed by atoms with Gasteiger partial charge in [-0.25, -0.2) is 14.5 Å². The number of hydrogen-bond acceptors (Lipinski definition) is 6. The fourth-order valence-corrected chi connectivity index (χ4v) is 2.96. The van der Waals surface area contributed by atoms with Gasteiger partial charge in [-0.2, -0.15) is 0 Å². The van der Waals surface area contributed by atoms with Gasteiger partial charge in [0.05, 0.1) is 17.1 Å². The number of rotatable bonds is 6. The normalized spacial score (nSPS) is 15.5. The van der Waals surface area contributed by atoms with Crippen LogP contribution in [0.1, 0.15) is 47.6 Å². The fraction of sp³-hybridized carbons (Fsp3) is 0.615. The first-order chi connectivity index (χ1) is 10.6. The van der Waals surface area contributed by atoms with Gasteiger partial charge in [-0.15, -0.1) is 16.4 Å². The summed E-state index contributed by atoms with van der Waals surface area (Å²) in [6.07, 6.45) is 4.79. The Hall–Kier alpha value is -2.03. The van der Waals surface area contributed by atoms with Gasteiger partial charge in [-0.05, 0) is 37.1 Å². The Bertz CT molecular complexity index is 648. The number of carbonyl (C=O) groups is 1. The SMILES string of the molecule is Cc1cnc(CCNC(=O)NC(C)c2nnnn2C2CC2)s1. The summed E-state index contributed by atoms with van der Waals surface area (Å²) in [6, 6.07) is -0.0470. The molecule has 0 spiro atoms. The number of carbonyl (C=O) groups excluding carboxylic acids is 1. The number of urea groups is 1. The Morgan fingerprint density at radius 2 is 2.36 bits per heavy atom. The predicted molar refractivity (Wildman–Crippen MR) is 81.6 cm³/mol. The van der Waals surface area contributed by atoms with Crippen LogP contribution in [0.2, 0.25) is 0 Å². The molecule has 9 heteroatoms. The smallest absolute Gasteiger partial charge is 0.315 e. The van der Waals surface area contributed by atoms with E-state index in [4.69, 9.17) is 0 Å². The van der Waals surface area contributed by atoms with Crippen molar-refractivity contribution in [2.45, 2.75) is 45.2 Å². The van der Waals surface area contributed by atoms with E-state index in [-0.39, 0.29) is 12.1 Å². The van der Waals surface area contributed by atoms with Crippen LogP contribution in [0.15, 0.2) is 6.20 Å². The summed E-state index contributed by atoms with van der Waals surface area (Å²) in [6.45, 7) is 4.46. The van der Waals surface area contributed by atoms with Crippen LogP contribution in [0, 0.1) is 6.92 Å². The van der Waals surface area contributed by atoms with Crippen molar-refractivity contribution < 1.29 is 4.79 Å². The van der Waals surface area contributed by atoms with Gasteiger partial charge >= 0.3 is 6.03 Å². The molecule has 2 aromatic heterocycles. The first kappa shape index (κ1) is 14.9. The van der Waals surface area contributed by atoms with E-state index in [9.17, 15) is 4.79 Å². The molecule has 22 heavy (non-hydrogen) atoms. The Kier molecular flexibility index (Phi) is 4.32. The summed E-state index contributed by atoms with van der Waals surface area (Å²) in [4.78, 5) is 17.4. The van der Waals surface area contributed by atoms with Gasteiger partial charge in [0, 0.05) is 24.0 Å². The molecule has 0 saturated heterocycles. The van der Waals surface area contributed by atoms with Crippen molar-refractivity contribution in [2.24, 2.45) is 0 Å². The lowest BCUT2D eigenvalue weighted by molar-refractivity contribution is 0.237. The van der Waals surface area contributed by atoms with E-state index in [1.165, 1.54) is 4.88 Å². The fourth-order valence-electron chi connectivity index (χ4n) is 2.18. The first-order valence-corrected chi connectivity index (χ1v) is 8.18. The molecule has 3 rings (SSSR count). The van der Waals surface area contributed by atoms with Crippen LogP contribution in [0.5, 0.6) is 0 Å². The third-order valence-corrected chi connectivity index (χ3v) is 4.41. The molecular formula is C13H19N7OS. The second kappa shape index (κ2) is 6.39. The molecule has 2 N–H and O–H groups in total. The maximum Gasteiger partial charge on any atom is 0.315 e. The van der Waals surface area contributed by atoms with E-state index < -0.39 is 0 Å². The minimum atomic E-state index is -0.224. The third-order valence-electron chi connectivity index (χ3n) is 3.44. The van der Waals surface area contributed by atoms with Crippen LogP contribution in [0.3, 0.4) is 0 Å². The van der Waals surface area contributed by atoms with Gasteiger partial charge in [-0.3, -0.25) is 0 Å². The van der Waals surface area contributed by atoms with Gasteiger partial charge in [0.25, 0.3) is 0 Å². The van der Waals surface area contributed by atoms with Crippen LogP contribution in [0.4, 0.5) is 4.79 Å². The van der Waals surface area contributed by atoms with Crippen LogP contribution < -0.4 is 10.6 Å². The monoisotopic (exact) mass is 321 g/mol. The highest BCUT2D eigenvalue weighted by atomic mass is 32.1. The number of nitrogens with one attached hydrogen (secondary N) is 2. The predicted octanol–water partition coefficient (Wildman–Crippen LogP) is 1.38. The molecular weight excluding hydrogens is 302 g/mol. The maximum atomic E-state index is 11.9. The zero-order valence-electron chi connectivity index (χ0n) is 12.6. The summed E-state index contributed by atoms with van der Waals surface area (Å²) >= 11 is 1.65. The lowest BCUT2D eigenvalue weighted by Gasteiger charge is -2.14. The topological polar surface area (TPSA) is 97.6 Å². The minimum Gasteiger partial charge on any atom is -0.338 e. The van der Waals surface area contributed by atoms with Crippen LogP contribution in [-0.2, 0) is 6.42 Å². The quantitative estimate of drug-likeness (QED) is 0.837. The number of thiazole rings is 1. The van der Waals surface area contributed by atoms with Crippen molar-refractivity contribution in [3.8, 4) is 0 Å². The lowest BCUT2D eigenvalue weighted by Crippen LogP contribution is -2.38. The number of hydrogen-bond donors (Lipinski definition) is 2. The molecule has 1 unspecified atom stereocenters. The Morgan fingerprint density at radius 1 is 1.55 bits per heavy atom. The average molecular weight is 321 g/mol. The summed E-state index contributed by atoms with van der Waals surface area (Å²) in [5, 5.41) is 18.4. The molecule has 1 atom stereocenters. The zero-order valence-corrected chi connectivity index (χ0v) is 13.4. The molecule has 118 valence electrons. The first-order valence-electron chi connectivity index (χ1n) is 7.37. The molecule has 2 heterocycles. The third kappa shape index (κ3) is 3.59. The Balaban J connectivity index is 1.45. The van der Waals surface area contributed by atoms with Crippen LogP contribution in [-0.4, -0.2) is 37.8 Å². The van der Waals surface area contributed by atoms with Crippen molar-refractivity contribution in [2.75, 3.05) is 6.54 Å². The maximum absolute atomic E-state index is 11.9. The van der Waals surface area contributed by atoms with Gasteiger partial charge in [0.1, 0.15) is 0 Å². The number of aromatic nitrogens is 5. The van der Waals surface area contributed by atoms with Crippen molar-refractivity contribution in [3.05, 3.63) is 21.9 Å². The second-order valence-electron chi connectivity index (χ2n) is 5.45. The van der Waals surface area contributed by atoms with Crippen molar-refractivity contribution in [3.63, 3.8) is 0 Å². The summed E-state index contributed by atoms with van der Waals surface area (Å²) in [7, 11) is 0. The van der Waals surface area contributed by atoms with E-state index >= 15 is 0 Å². The molecule has 1 aliphatic rings. The van der Waals surface area contributed by atoms with Gasteiger partial charge in [0.2, 0.25) is 0 Å². The highest BCUT2D eigenvalue weighted by Gasteiger charge is 2.29. The highest BCUT2D eigenvalue weighted by Crippen LogP contribution is 2.35. The minimum absolute atomic E-state index is 0.217. The zero-order chi connectivity index (χ0) is 15.5. The van der Waals surface area contributed by atoms with Gasteiger partial charge in [-0.1, -0.05) is 0 Å². The largest absolute Gasteiger partial charge is 0.338 e. The standard InChI is InChI=1S/C13H19N7OS/c1-8-7-15-11(22-8)5-6-14-13(21)16-9(2)12-17-18-19-20(12)10-3-4-10/h7,9-10H,3-6H2,1-2H3,(H2,14,16,21). The molecule has 1 fully saturated rings. The molecule has 0 aromatic carbocycles. The molecule has 2 amide bonds. The van der Waals surface area contributed by atoms with Crippen LogP contribution in [0.25, 0.3) is 0 Å². The molecule has 0 aliphatic heterocycles. The number of nitrogens with zero attached hydrogens (tertiary/aromatic N) is 5. The van der Waals surface area contributed by atoms with E-state index in [0.717, 1.165) is 24.3 Å². The van der Waals surface area contributed by atoms with Gasteiger partial charge in [0.15, 0.2) is 5.82 Å². The van der Waals surface area contributed by atoms with Crippen molar-refractivity contribution >= 4 is 17.4 Å². The lowest BCUT2D eigenvalue weighted by atomic mass is 10.3.